The highest BCUT2D eigenvalue weighted by atomic mass is 16.5. The number of piperazine rings is 1. The molecule has 2 heterocycles. The number of hydrogen-bond donors (Lipinski definition) is 1. The summed E-state index contributed by atoms with van der Waals surface area (Å²) in [5.41, 5.74) is 0.852. The van der Waals surface area contributed by atoms with Gasteiger partial charge >= 0.3 is 0 Å². The van der Waals surface area contributed by atoms with E-state index in [1.165, 1.54) is 51.6 Å². The van der Waals surface area contributed by atoms with Gasteiger partial charge in [0.15, 0.2) is 0 Å². The van der Waals surface area contributed by atoms with Crippen LogP contribution in [0.15, 0.2) is 24.3 Å². The summed E-state index contributed by atoms with van der Waals surface area (Å²) in [6, 6.07) is 9.43. The van der Waals surface area contributed by atoms with Crippen molar-refractivity contribution in [2.24, 2.45) is 0 Å². The van der Waals surface area contributed by atoms with Gasteiger partial charge in [-0.15, -0.1) is 0 Å². The Labute approximate surface area is 186 Å². The van der Waals surface area contributed by atoms with Crippen LogP contribution in [-0.4, -0.2) is 84.6 Å². The number of benzene rings is 1. The number of rotatable bonds is 7. The number of anilines is 1. The summed E-state index contributed by atoms with van der Waals surface area (Å²) < 4.78 is 6.14. The average Bonchev–Trinajstić information content (AvgIpc) is 2.72. The van der Waals surface area contributed by atoms with Crippen molar-refractivity contribution in [3.8, 4) is 5.75 Å². The van der Waals surface area contributed by atoms with Crippen molar-refractivity contribution in [3.05, 3.63) is 24.3 Å². The van der Waals surface area contributed by atoms with Gasteiger partial charge in [-0.05, 0) is 63.0 Å². The third-order valence-corrected chi connectivity index (χ3v) is 7.78. The standard InChI is InChI=1S/C25H38N4O2/c30-25(19-27-13-15-29(16-14-27)21-5-4-6-21)26-20-7-9-23(10-8-20)31-24-17-22(18-24)28-11-2-1-3-12-28/h7-10,21-22,24H,1-6,11-19H2,(H,26,30). The molecule has 2 saturated heterocycles. The van der Waals surface area contributed by atoms with Gasteiger partial charge in [0.2, 0.25) is 5.91 Å². The van der Waals surface area contributed by atoms with E-state index >= 15 is 0 Å². The number of nitrogens with one attached hydrogen (secondary N) is 1. The molecule has 0 atom stereocenters. The fourth-order valence-electron chi connectivity index (χ4n) is 5.47. The molecule has 1 N–H and O–H groups in total. The summed E-state index contributed by atoms with van der Waals surface area (Å²) in [6.07, 6.45) is 10.8. The number of ether oxygens (including phenoxy) is 1. The molecular formula is C25H38N4O2. The minimum Gasteiger partial charge on any atom is -0.490 e. The molecule has 0 spiro atoms. The Kier molecular flexibility index (Phi) is 6.77. The van der Waals surface area contributed by atoms with E-state index in [-0.39, 0.29) is 5.91 Å². The van der Waals surface area contributed by atoms with Gasteiger partial charge in [-0.1, -0.05) is 12.8 Å². The number of hydrogen-bond acceptors (Lipinski definition) is 5. The van der Waals surface area contributed by atoms with Crippen LogP contribution in [0.5, 0.6) is 5.75 Å². The van der Waals surface area contributed by atoms with E-state index in [1.807, 2.05) is 24.3 Å². The third kappa shape index (κ3) is 5.41. The van der Waals surface area contributed by atoms with Gasteiger partial charge in [-0.3, -0.25) is 14.6 Å². The van der Waals surface area contributed by atoms with Gasteiger partial charge in [-0.2, -0.15) is 0 Å². The van der Waals surface area contributed by atoms with Gasteiger partial charge in [-0.25, -0.2) is 0 Å². The van der Waals surface area contributed by atoms with E-state index in [2.05, 4.69) is 20.0 Å². The molecule has 1 aromatic carbocycles. The molecule has 1 amide bonds. The molecule has 170 valence electrons. The van der Waals surface area contributed by atoms with Crippen LogP contribution < -0.4 is 10.1 Å². The predicted molar refractivity (Wildman–Crippen MR) is 124 cm³/mol. The minimum absolute atomic E-state index is 0.0779. The van der Waals surface area contributed by atoms with Crippen LogP contribution in [0, 0.1) is 0 Å². The zero-order valence-corrected chi connectivity index (χ0v) is 18.8. The van der Waals surface area contributed by atoms with Crippen molar-refractivity contribution < 1.29 is 9.53 Å². The van der Waals surface area contributed by atoms with Crippen LogP contribution in [0.4, 0.5) is 5.69 Å². The van der Waals surface area contributed by atoms with Crippen LogP contribution in [0.2, 0.25) is 0 Å². The fourth-order valence-corrected chi connectivity index (χ4v) is 5.47. The maximum Gasteiger partial charge on any atom is 0.238 e. The summed E-state index contributed by atoms with van der Waals surface area (Å²) in [4.78, 5) is 20.0. The summed E-state index contributed by atoms with van der Waals surface area (Å²) in [5.74, 6) is 0.987. The number of piperidine rings is 1. The Morgan fingerprint density at radius 2 is 1.52 bits per heavy atom. The van der Waals surface area contributed by atoms with Gasteiger partial charge in [0.05, 0.1) is 6.54 Å². The number of amides is 1. The van der Waals surface area contributed by atoms with Crippen LogP contribution in [0.25, 0.3) is 0 Å². The predicted octanol–water partition coefficient (Wildman–Crippen LogP) is 3.19. The van der Waals surface area contributed by atoms with Crippen molar-refractivity contribution in [2.45, 2.75) is 69.6 Å². The molecule has 6 nitrogen and oxygen atoms in total. The second-order valence-electron chi connectivity index (χ2n) is 9.93. The van der Waals surface area contributed by atoms with Crippen LogP contribution >= 0.6 is 0 Å². The van der Waals surface area contributed by atoms with Crippen LogP contribution in [0.3, 0.4) is 0 Å². The first-order valence-corrected chi connectivity index (χ1v) is 12.5. The monoisotopic (exact) mass is 426 g/mol. The summed E-state index contributed by atoms with van der Waals surface area (Å²) in [6.45, 7) is 7.21. The number of nitrogens with zero attached hydrogens (tertiary/aromatic N) is 3. The molecule has 0 unspecified atom stereocenters. The summed E-state index contributed by atoms with van der Waals surface area (Å²) >= 11 is 0. The van der Waals surface area contributed by atoms with E-state index < -0.39 is 0 Å². The van der Waals surface area contributed by atoms with Crippen molar-refractivity contribution in [3.63, 3.8) is 0 Å². The fraction of sp³-hybridized carbons (Fsp3) is 0.720. The van der Waals surface area contributed by atoms with Crippen molar-refractivity contribution in [2.75, 3.05) is 51.1 Å². The Hall–Kier alpha value is -1.63. The van der Waals surface area contributed by atoms with E-state index in [1.54, 1.807) is 0 Å². The molecule has 0 aromatic heterocycles. The van der Waals surface area contributed by atoms with Crippen molar-refractivity contribution in [1.29, 1.82) is 0 Å². The highest BCUT2D eigenvalue weighted by Crippen LogP contribution is 2.32. The highest BCUT2D eigenvalue weighted by molar-refractivity contribution is 5.92. The lowest BCUT2D eigenvalue weighted by molar-refractivity contribution is -0.117. The van der Waals surface area contributed by atoms with Crippen molar-refractivity contribution in [1.82, 2.24) is 14.7 Å². The Bertz CT molecular complexity index is 716. The number of likely N-dealkylation sites (tertiary alicyclic amines) is 1. The smallest absolute Gasteiger partial charge is 0.238 e. The van der Waals surface area contributed by atoms with Gasteiger partial charge in [0.25, 0.3) is 0 Å². The highest BCUT2D eigenvalue weighted by Gasteiger charge is 2.35. The third-order valence-electron chi connectivity index (χ3n) is 7.78. The lowest BCUT2D eigenvalue weighted by Crippen LogP contribution is -2.53. The minimum atomic E-state index is 0.0779. The quantitative estimate of drug-likeness (QED) is 0.726. The molecular weight excluding hydrogens is 388 g/mol. The molecule has 31 heavy (non-hydrogen) atoms. The summed E-state index contributed by atoms with van der Waals surface area (Å²) in [5, 5.41) is 3.05. The normalized spacial score (nSPS) is 28.5. The first-order chi connectivity index (χ1) is 15.2. The Balaban J connectivity index is 1.01. The molecule has 0 bridgehead atoms. The lowest BCUT2D eigenvalue weighted by Gasteiger charge is -2.44. The summed E-state index contributed by atoms with van der Waals surface area (Å²) in [7, 11) is 0. The molecule has 0 radical (unpaired) electrons. The zero-order chi connectivity index (χ0) is 21.0. The van der Waals surface area contributed by atoms with E-state index in [0.29, 0.717) is 12.6 Å². The molecule has 6 heteroatoms. The molecule has 2 aliphatic heterocycles. The van der Waals surface area contributed by atoms with E-state index in [4.69, 9.17) is 4.74 Å². The van der Waals surface area contributed by atoms with Gasteiger partial charge < -0.3 is 15.0 Å². The van der Waals surface area contributed by atoms with Gasteiger partial charge in [0.1, 0.15) is 11.9 Å². The van der Waals surface area contributed by atoms with E-state index in [0.717, 1.165) is 62.5 Å². The Morgan fingerprint density at radius 3 is 2.16 bits per heavy atom. The average molecular weight is 427 g/mol. The van der Waals surface area contributed by atoms with Crippen molar-refractivity contribution >= 4 is 11.6 Å². The first kappa shape index (κ1) is 21.2. The molecule has 4 aliphatic rings. The molecule has 2 aliphatic carbocycles. The lowest BCUT2D eigenvalue weighted by atomic mass is 9.86. The molecule has 4 fully saturated rings. The topological polar surface area (TPSA) is 48.1 Å². The van der Waals surface area contributed by atoms with Crippen LogP contribution in [-0.2, 0) is 4.79 Å². The Morgan fingerprint density at radius 1 is 0.839 bits per heavy atom. The number of carbonyl (C=O) groups is 1. The second kappa shape index (κ2) is 9.88. The maximum absolute atomic E-state index is 12.5. The second-order valence-corrected chi connectivity index (χ2v) is 9.93. The largest absolute Gasteiger partial charge is 0.490 e. The number of carbonyl (C=O) groups excluding carboxylic acids is 1. The molecule has 1 aromatic rings. The molecule has 2 saturated carbocycles. The SMILES string of the molecule is O=C(CN1CCN(C2CCC2)CC1)Nc1ccc(OC2CC(N3CCCCC3)C2)cc1. The molecule has 5 rings (SSSR count). The van der Waals surface area contributed by atoms with E-state index in [9.17, 15) is 4.79 Å². The van der Waals surface area contributed by atoms with Gasteiger partial charge in [0, 0.05) is 56.8 Å². The zero-order valence-electron chi connectivity index (χ0n) is 18.8. The van der Waals surface area contributed by atoms with Crippen LogP contribution in [0.1, 0.15) is 51.4 Å². The first-order valence-electron chi connectivity index (χ1n) is 12.5. The maximum atomic E-state index is 12.5.